The summed E-state index contributed by atoms with van der Waals surface area (Å²) in [6.45, 7) is 3.11. The van der Waals surface area contributed by atoms with Gasteiger partial charge >= 0.3 is 0 Å². The molecule has 4 nitrogen and oxygen atoms in total. The van der Waals surface area contributed by atoms with E-state index in [-0.39, 0.29) is 17.5 Å². The fourth-order valence-corrected chi connectivity index (χ4v) is 3.10. The van der Waals surface area contributed by atoms with E-state index in [1.807, 2.05) is 18.0 Å². The van der Waals surface area contributed by atoms with Crippen molar-refractivity contribution in [1.82, 2.24) is 10.2 Å². The maximum atomic E-state index is 13.7. The van der Waals surface area contributed by atoms with Crippen molar-refractivity contribution < 1.29 is 13.9 Å². The molecule has 2 rings (SSSR count). The Labute approximate surface area is 138 Å². The molecular formula is C18H27FN2O2. The van der Waals surface area contributed by atoms with Crippen molar-refractivity contribution >= 4 is 5.91 Å². The fraction of sp³-hybridized carbons (Fsp3) is 0.611. The van der Waals surface area contributed by atoms with E-state index in [1.165, 1.54) is 26.0 Å². The van der Waals surface area contributed by atoms with Crippen molar-refractivity contribution in [2.24, 2.45) is 5.92 Å². The van der Waals surface area contributed by atoms with Gasteiger partial charge in [0.1, 0.15) is 0 Å². The van der Waals surface area contributed by atoms with Crippen LogP contribution in [0.2, 0.25) is 0 Å². The molecule has 0 radical (unpaired) electrons. The van der Waals surface area contributed by atoms with E-state index in [0.717, 1.165) is 24.3 Å². The third kappa shape index (κ3) is 5.50. The van der Waals surface area contributed by atoms with Crippen LogP contribution in [-0.4, -0.2) is 37.6 Å². The Balaban J connectivity index is 1.78. The first-order valence-corrected chi connectivity index (χ1v) is 8.28. The Bertz CT molecular complexity index is 528. The normalized spacial score (nSPS) is 21.3. The topological polar surface area (TPSA) is 41.6 Å². The van der Waals surface area contributed by atoms with Gasteiger partial charge in [-0.05, 0) is 56.3 Å². The van der Waals surface area contributed by atoms with Crippen LogP contribution in [0.3, 0.4) is 0 Å². The van der Waals surface area contributed by atoms with Crippen LogP contribution in [0.1, 0.15) is 38.2 Å². The summed E-state index contributed by atoms with van der Waals surface area (Å²) >= 11 is 0. The van der Waals surface area contributed by atoms with Gasteiger partial charge in [-0.25, -0.2) is 4.39 Å². The largest absolute Gasteiger partial charge is 0.494 e. The minimum Gasteiger partial charge on any atom is -0.494 e. The van der Waals surface area contributed by atoms with E-state index in [0.29, 0.717) is 19.1 Å². The van der Waals surface area contributed by atoms with Crippen molar-refractivity contribution in [3.63, 3.8) is 0 Å². The summed E-state index contributed by atoms with van der Waals surface area (Å²) in [5.41, 5.74) is 0.824. The van der Waals surface area contributed by atoms with Gasteiger partial charge in [-0.15, -0.1) is 0 Å². The zero-order chi connectivity index (χ0) is 16.8. The van der Waals surface area contributed by atoms with Crippen molar-refractivity contribution in [2.45, 2.75) is 45.2 Å². The molecular weight excluding hydrogens is 295 g/mol. The maximum absolute atomic E-state index is 13.7. The first-order chi connectivity index (χ1) is 11.0. The van der Waals surface area contributed by atoms with Gasteiger partial charge in [0.15, 0.2) is 11.6 Å². The predicted molar refractivity (Wildman–Crippen MR) is 88.8 cm³/mol. The molecule has 0 unspecified atom stereocenters. The van der Waals surface area contributed by atoms with Crippen molar-refractivity contribution in [3.05, 3.63) is 29.6 Å². The standard InChI is InChI=1S/C18H27FN2O2/c1-13-4-7-15(8-5-13)20-18(22)12-21(2)11-14-6-9-17(23-3)16(19)10-14/h6,9-10,13,15H,4-5,7-8,11-12H2,1-3H3,(H,20,22). The van der Waals surface area contributed by atoms with Gasteiger partial charge in [-0.1, -0.05) is 13.0 Å². The summed E-state index contributed by atoms with van der Waals surface area (Å²) in [6.07, 6.45) is 4.51. The van der Waals surface area contributed by atoms with Gasteiger partial charge in [0.25, 0.3) is 0 Å². The molecule has 1 saturated carbocycles. The van der Waals surface area contributed by atoms with E-state index in [4.69, 9.17) is 4.74 Å². The second kappa shape index (κ2) is 8.29. The number of halogens is 1. The summed E-state index contributed by atoms with van der Waals surface area (Å²) in [4.78, 5) is 14.0. The summed E-state index contributed by atoms with van der Waals surface area (Å²) < 4.78 is 18.6. The number of hydrogen-bond donors (Lipinski definition) is 1. The minimum absolute atomic E-state index is 0.0426. The van der Waals surface area contributed by atoms with Crippen LogP contribution in [0, 0.1) is 11.7 Å². The Morgan fingerprint density at radius 1 is 1.35 bits per heavy atom. The van der Waals surface area contributed by atoms with Gasteiger partial charge in [-0.2, -0.15) is 0 Å². The number of ether oxygens (including phenoxy) is 1. The number of benzene rings is 1. The molecule has 0 aliphatic heterocycles. The van der Waals surface area contributed by atoms with Crippen molar-refractivity contribution in [3.8, 4) is 5.75 Å². The third-order valence-corrected chi connectivity index (χ3v) is 4.46. The highest BCUT2D eigenvalue weighted by atomic mass is 19.1. The van der Waals surface area contributed by atoms with Gasteiger partial charge in [0.2, 0.25) is 5.91 Å². The monoisotopic (exact) mass is 322 g/mol. The fourth-order valence-electron chi connectivity index (χ4n) is 3.10. The highest BCUT2D eigenvalue weighted by molar-refractivity contribution is 5.78. The average Bonchev–Trinajstić information content (AvgIpc) is 2.49. The van der Waals surface area contributed by atoms with Crippen molar-refractivity contribution in [2.75, 3.05) is 20.7 Å². The summed E-state index contributed by atoms with van der Waals surface area (Å²) in [5.74, 6) is 0.677. The maximum Gasteiger partial charge on any atom is 0.234 e. The van der Waals surface area contributed by atoms with Gasteiger partial charge in [0, 0.05) is 12.6 Å². The molecule has 0 bridgehead atoms. The van der Waals surface area contributed by atoms with Gasteiger partial charge in [0.05, 0.1) is 13.7 Å². The quantitative estimate of drug-likeness (QED) is 0.875. The Kier molecular flexibility index (Phi) is 6.39. The number of rotatable bonds is 6. The summed E-state index contributed by atoms with van der Waals surface area (Å²) in [5, 5.41) is 3.11. The second-order valence-electron chi connectivity index (χ2n) is 6.67. The predicted octanol–water partition coefficient (Wildman–Crippen LogP) is 2.96. The van der Waals surface area contributed by atoms with Crippen LogP contribution in [0.4, 0.5) is 4.39 Å². The first-order valence-electron chi connectivity index (χ1n) is 8.28. The average molecular weight is 322 g/mol. The van der Waals surface area contributed by atoms with Crippen LogP contribution in [0.5, 0.6) is 5.75 Å². The molecule has 0 heterocycles. The van der Waals surface area contributed by atoms with E-state index in [1.54, 1.807) is 6.07 Å². The zero-order valence-corrected chi connectivity index (χ0v) is 14.3. The highest BCUT2D eigenvalue weighted by Gasteiger charge is 2.20. The Hall–Kier alpha value is -1.62. The number of nitrogens with one attached hydrogen (secondary N) is 1. The Morgan fingerprint density at radius 3 is 2.65 bits per heavy atom. The smallest absolute Gasteiger partial charge is 0.234 e. The number of methoxy groups -OCH3 is 1. The lowest BCUT2D eigenvalue weighted by Crippen LogP contribution is -2.42. The SMILES string of the molecule is COc1ccc(CN(C)CC(=O)NC2CCC(C)CC2)cc1F. The summed E-state index contributed by atoms with van der Waals surface area (Å²) in [7, 11) is 3.31. The molecule has 1 aliphatic carbocycles. The molecule has 5 heteroatoms. The lowest BCUT2D eigenvalue weighted by Gasteiger charge is -2.27. The second-order valence-corrected chi connectivity index (χ2v) is 6.67. The van der Waals surface area contributed by atoms with E-state index < -0.39 is 0 Å². The van der Waals surface area contributed by atoms with Crippen LogP contribution in [0.15, 0.2) is 18.2 Å². The molecule has 1 fully saturated rings. The highest BCUT2D eigenvalue weighted by Crippen LogP contribution is 2.23. The molecule has 1 amide bonds. The molecule has 0 spiro atoms. The molecule has 0 atom stereocenters. The molecule has 128 valence electrons. The molecule has 1 aliphatic rings. The van der Waals surface area contributed by atoms with Crippen LogP contribution in [-0.2, 0) is 11.3 Å². The molecule has 1 aromatic carbocycles. The van der Waals surface area contributed by atoms with Crippen molar-refractivity contribution in [1.29, 1.82) is 0 Å². The molecule has 1 N–H and O–H groups in total. The van der Waals surface area contributed by atoms with Crippen LogP contribution >= 0.6 is 0 Å². The number of hydrogen-bond acceptors (Lipinski definition) is 3. The zero-order valence-electron chi connectivity index (χ0n) is 14.3. The molecule has 23 heavy (non-hydrogen) atoms. The molecule has 0 saturated heterocycles. The van der Waals surface area contributed by atoms with Gasteiger partial charge < -0.3 is 10.1 Å². The lowest BCUT2D eigenvalue weighted by atomic mass is 9.87. The first kappa shape index (κ1) is 17.7. The Morgan fingerprint density at radius 2 is 2.04 bits per heavy atom. The van der Waals surface area contributed by atoms with E-state index >= 15 is 0 Å². The van der Waals surface area contributed by atoms with Crippen LogP contribution in [0.25, 0.3) is 0 Å². The number of carbonyl (C=O) groups is 1. The number of nitrogens with zero attached hydrogens (tertiary/aromatic N) is 1. The molecule has 1 aromatic rings. The third-order valence-electron chi connectivity index (χ3n) is 4.46. The lowest BCUT2D eigenvalue weighted by molar-refractivity contribution is -0.123. The number of carbonyl (C=O) groups excluding carboxylic acids is 1. The summed E-state index contributed by atoms with van der Waals surface area (Å²) in [6, 6.07) is 5.20. The van der Waals surface area contributed by atoms with E-state index in [9.17, 15) is 9.18 Å². The number of likely N-dealkylation sites (N-methyl/N-ethyl adjacent to an activating group) is 1. The number of amides is 1. The van der Waals surface area contributed by atoms with E-state index in [2.05, 4.69) is 12.2 Å². The molecule has 0 aromatic heterocycles. The van der Waals surface area contributed by atoms with Gasteiger partial charge in [-0.3, -0.25) is 9.69 Å². The van der Waals surface area contributed by atoms with Crippen LogP contribution < -0.4 is 10.1 Å². The minimum atomic E-state index is -0.376.